The van der Waals surface area contributed by atoms with Crippen LogP contribution in [0.15, 0.2) is 24.3 Å². The third-order valence-corrected chi connectivity index (χ3v) is 5.09. The Kier molecular flexibility index (Phi) is 4.97. The summed E-state index contributed by atoms with van der Waals surface area (Å²) in [5.41, 5.74) is 0.601. The van der Waals surface area contributed by atoms with Crippen LogP contribution in [-0.2, 0) is 20.7 Å². The van der Waals surface area contributed by atoms with E-state index < -0.39 is 0 Å². The normalized spacial score (nSPS) is 27.6. The first-order valence-corrected chi connectivity index (χ1v) is 8.28. The Morgan fingerprint density at radius 2 is 2.22 bits per heavy atom. The molecule has 0 radical (unpaired) electrons. The van der Waals surface area contributed by atoms with Gasteiger partial charge < -0.3 is 14.4 Å². The largest absolute Gasteiger partial charge is 0.384 e. The van der Waals surface area contributed by atoms with E-state index in [1.54, 1.807) is 19.2 Å². The molecule has 1 aliphatic carbocycles. The summed E-state index contributed by atoms with van der Waals surface area (Å²) < 4.78 is 24.4. The molecular formula is C18H24FNO3. The van der Waals surface area contributed by atoms with Gasteiger partial charge >= 0.3 is 0 Å². The van der Waals surface area contributed by atoms with E-state index in [2.05, 4.69) is 0 Å². The minimum Gasteiger partial charge on any atom is -0.384 e. The number of benzene rings is 1. The molecule has 1 saturated heterocycles. The fourth-order valence-electron chi connectivity index (χ4n) is 3.86. The molecule has 0 unspecified atom stereocenters. The Morgan fingerprint density at radius 1 is 1.43 bits per heavy atom. The molecule has 23 heavy (non-hydrogen) atoms. The lowest BCUT2D eigenvalue weighted by Gasteiger charge is -2.44. The highest BCUT2D eigenvalue weighted by Crippen LogP contribution is 2.41. The molecule has 5 heteroatoms. The smallest absolute Gasteiger partial charge is 0.227 e. The zero-order valence-electron chi connectivity index (χ0n) is 13.6. The molecule has 2 fully saturated rings. The van der Waals surface area contributed by atoms with Crippen LogP contribution in [0.2, 0.25) is 0 Å². The van der Waals surface area contributed by atoms with Crippen molar-refractivity contribution in [1.29, 1.82) is 0 Å². The van der Waals surface area contributed by atoms with Crippen molar-refractivity contribution in [2.75, 3.05) is 33.4 Å². The number of methoxy groups -OCH3 is 1. The molecule has 1 aromatic carbocycles. The van der Waals surface area contributed by atoms with Crippen molar-refractivity contribution in [3.8, 4) is 0 Å². The molecule has 0 aromatic heterocycles. The number of hydrogen-bond acceptors (Lipinski definition) is 3. The fraction of sp³-hybridized carbons (Fsp3) is 0.611. The first-order chi connectivity index (χ1) is 11.1. The maximum absolute atomic E-state index is 13.0. The molecule has 1 spiro atoms. The van der Waals surface area contributed by atoms with Crippen molar-refractivity contribution in [1.82, 2.24) is 4.90 Å². The van der Waals surface area contributed by atoms with Crippen LogP contribution in [0.4, 0.5) is 4.39 Å². The number of morpholine rings is 1. The van der Waals surface area contributed by atoms with Crippen LogP contribution in [0.25, 0.3) is 0 Å². The lowest BCUT2D eigenvalue weighted by Crippen LogP contribution is -2.56. The van der Waals surface area contributed by atoms with Gasteiger partial charge in [0.25, 0.3) is 0 Å². The first kappa shape index (κ1) is 16.4. The van der Waals surface area contributed by atoms with Crippen LogP contribution in [-0.4, -0.2) is 49.8 Å². The summed E-state index contributed by atoms with van der Waals surface area (Å²) >= 11 is 0. The minimum atomic E-state index is -0.278. The average Bonchev–Trinajstić information content (AvgIpc) is 2.92. The van der Waals surface area contributed by atoms with Crippen molar-refractivity contribution in [3.63, 3.8) is 0 Å². The summed E-state index contributed by atoms with van der Waals surface area (Å²) in [4.78, 5) is 14.5. The zero-order valence-corrected chi connectivity index (χ0v) is 13.6. The molecule has 126 valence electrons. The molecule has 1 aromatic rings. The van der Waals surface area contributed by atoms with Gasteiger partial charge in [0.05, 0.1) is 31.8 Å². The van der Waals surface area contributed by atoms with Gasteiger partial charge in [-0.3, -0.25) is 4.79 Å². The number of carbonyl (C=O) groups excluding carboxylic acids is 1. The van der Waals surface area contributed by atoms with Crippen LogP contribution >= 0.6 is 0 Å². The summed E-state index contributed by atoms with van der Waals surface area (Å²) in [5.74, 6) is 0.163. The lowest BCUT2D eigenvalue weighted by atomic mass is 9.89. The van der Waals surface area contributed by atoms with Crippen LogP contribution in [0.1, 0.15) is 24.8 Å². The quantitative estimate of drug-likeness (QED) is 0.855. The van der Waals surface area contributed by atoms with E-state index in [0.717, 1.165) is 24.8 Å². The highest BCUT2D eigenvalue weighted by molar-refractivity contribution is 5.79. The molecule has 0 bridgehead atoms. The molecule has 2 atom stereocenters. The van der Waals surface area contributed by atoms with E-state index >= 15 is 0 Å². The van der Waals surface area contributed by atoms with Gasteiger partial charge in [-0.1, -0.05) is 18.6 Å². The van der Waals surface area contributed by atoms with Crippen molar-refractivity contribution in [2.45, 2.75) is 31.3 Å². The monoisotopic (exact) mass is 321 g/mol. The van der Waals surface area contributed by atoms with Gasteiger partial charge in [0, 0.05) is 19.6 Å². The van der Waals surface area contributed by atoms with Crippen LogP contribution in [0, 0.1) is 11.7 Å². The maximum atomic E-state index is 13.0. The standard InChI is InChI=1S/C18H24FNO3/c1-22-12-15-3-2-8-18(15)13-20(9-10-23-18)17(21)11-14-4-6-16(19)7-5-14/h4-7,15H,2-3,8-13H2,1H3/t15-,18-/m0/s1. The van der Waals surface area contributed by atoms with Crippen LogP contribution < -0.4 is 0 Å². The summed E-state index contributed by atoms with van der Waals surface area (Å²) in [5, 5.41) is 0. The third kappa shape index (κ3) is 3.56. The van der Waals surface area contributed by atoms with Crippen molar-refractivity contribution < 1.29 is 18.7 Å². The van der Waals surface area contributed by atoms with Gasteiger partial charge in [-0.25, -0.2) is 4.39 Å². The highest BCUT2D eigenvalue weighted by Gasteiger charge is 2.47. The number of ether oxygens (including phenoxy) is 2. The predicted molar refractivity (Wildman–Crippen MR) is 84.6 cm³/mol. The Bertz CT molecular complexity index is 548. The molecule has 3 rings (SSSR count). The average molecular weight is 321 g/mol. The molecule has 2 aliphatic rings. The highest BCUT2D eigenvalue weighted by atomic mass is 19.1. The van der Waals surface area contributed by atoms with Gasteiger partial charge in [0.1, 0.15) is 5.82 Å². The molecule has 1 aliphatic heterocycles. The number of hydrogen-bond donors (Lipinski definition) is 0. The summed E-state index contributed by atoms with van der Waals surface area (Å²) in [6.07, 6.45) is 3.51. The summed E-state index contributed by atoms with van der Waals surface area (Å²) in [6, 6.07) is 6.14. The predicted octanol–water partition coefficient (Wildman–Crippen LogP) is 2.41. The van der Waals surface area contributed by atoms with Gasteiger partial charge in [-0.05, 0) is 30.5 Å². The van der Waals surface area contributed by atoms with Crippen molar-refractivity contribution in [3.05, 3.63) is 35.6 Å². The number of carbonyl (C=O) groups is 1. The molecular weight excluding hydrogens is 297 g/mol. The number of amides is 1. The molecule has 4 nitrogen and oxygen atoms in total. The summed E-state index contributed by atoms with van der Waals surface area (Å²) in [7, 11) is 1.71. The zero-order chi connectivity index (χ0) is 16.3. The third-order valence-electron chi connectivity index (χ3n) is 5.09. The first-order valence-electron chi connectivity index (χ1n) is 8.28. The number of rotatable bonds is 4. The lowest BCUT2D eigenvalue weighted by molar-refractivity contribution is -0.160. The molecule has 1 heterocycles. The van der Waals surface area contributed by atoms with E-state index in [-0.39, 0.29) is 17.3 Å². The summed E-state index contributed by atoms with van der Waals surface area (Å²) in [6.45, 7) is 2.53. The SMILES string of the molecule is COC[C@@H]1CCC[C@]12CN(C(=O)Cc1ccc(F)cc1)CCO2. The number of halogens is 1. The van der Waals surface area contributed by atoms with E-state index in [9.17, 15) is 9.18 Å². The molecule has 1 amide bonds. The second kappa shape index (κ2) is 6.97. The van der Waals surface area contributed by atoms with E-state index in [0.29, 0.717) is 38.6 Å². The molecule has 0 N–H and O–H groups in total. The van der Waals surface area contributed by atoms with Crippen molar-refractivity contribution in [2.24, 2.45) is 5.92 Å². The van der Waals surface area contributed by atoms with Crippen LogP contribution in [0.3, 0.4) is 0 Å². The van der Waals surface area contributed by atoms with Gasteiger partial charge in [-0.15, -0.1) is 0 Å². The van der Waals surface area contributed by atoms with E-state index in [1.165, 1.54) is 12.1 Å². The fourth-order valence-corrected chi connectivity index (χ4v) is 3.86. The number of nitrogens with zero attached hydrogens (tertiary/aromatic N) is 1. The second-order valence-electron chi connectivity index (χ2n) is 6.58. The van der Waals surface area contributed by atoms with Gasteiger partial charge in [-0.2, -0.15) is 0 Å². The minimum absolute atomic E-state index is 0.0855. The Morgan fingerprint density at radius 3 is 2.96 bits per heavy atom. The second-order valence-corrected chi connectivity index (χ2v) is 6.58. The Balaban J connectivity index is 1.65. The van der Waals surface area contributed by atoms with Gasteiger partial charge in [0.2, 0.25) is 5.91 Å². The van der Waals surface area contributed by atoms with E-state index in [1.807, 2.05) is 4.90 Å². The van der Waals surface area contributed by atoms with Crippen LogP contribution in [0.5, 0.6) is 0 Å². The van der Waals surface area contributed by atoms with Crippen molar-refractivity contribution >= 4 is 5.91 Å². The topological polar surface area (TPSA) is 38.8 Å². The van der Waals surface area contributed by atoms with E-state index in [4.69, 9.17) is 9.47 Å². The van der Waals surface area contributed by atoms with Gasteiger partial charge in [0.15, 0.2) is 0 Å². The Hall–Kier alpha value is -1.46. The maximum Gasteiger partial charge on any atom is 0.227 e. The Labute approximate surface area is 136 Å². The molecule has 1 saturated carbocycles.